The zero-order valence-electron chi connectivity index (χ0n) is 17.2. The number of hydrogen-bond acceptors (Lipinski definition) is 6. The molecule has 0 unspecified atom stereocenters. The molecule has 2 aliphatic rings. The van der Waals surface area contributed by atoms with Crippen LogP contribution in [0.2, 0.25) is 0 Å². The fraction of sp³-hybridized carbons (Fsp3) is 0.381. The highest BCUT2D eigenvalue weighted by molar-refractivity contribution is 6.09. The molecule has 0 saturated carbocycles. The lowest BCUT2D eigenvalue weighted by molar-refractivity contribution is -0.128. The number of aliphatic imine (C=N–C) groups is 2. The Kier molecular flexibility index (Phi) is 6.83. The van der Waals surface area contributed by atoms with Crippen molar-refractivity contribution in [3.63, 3.8) is 0 Å². The Labute approximate surface area is 175 Å². The number of nitrogens with two attached hydrogens (primary N) is 2. The first kappa shape index (κ1) is 21.5. The number of amidine groups is 1. The lowest BCUT2D eigenvalue weighted by Crippen LogP contribution is -2.49. The van der Waals surface area contributed by atoms with Gasteiger partial charge in [-0.05, 0) is 17.7 Å². The molecule has 0 spiro atoms. The monoisotopic (exact) mass is 414 g/mol. The van der Waals surface area contributed by atoms with Gasteiger partial charge in [0.15, 0.2) is 0 Å². The molecule has 0 atom stereocenters. The van der Waals surface area contributed by atoms with Gasteiger partial charge >= 0.3 is 0 Å². The van der Waals surface area contributed by atoms with Gasteiger partial charge in [0.05, 0.1) is 25.8 Å². The standard InChI is InChI=1S/C21H27FN6O2/c1-13(29)28-6-5-19(26-16-11-30-12-16)17(10-28)21(24)27-20-4-3-14(7-18(20)22)15(8-23)9-25-2/h3-4,7-9,16,26H,5-6,10-12,23H2,1-2H3,(H2,24,27). The van der Waals surface area contributed by atoms with Crippen molar-refractivity contribution in [3.05, 3.63) is 47.0 Å². The summed E-state index contributed by atoms with van der Waals surface area (Å²) >= 11 is 0. The van der Waals surface area contributed by atoms with Crippen LogP contribution in [-0.2, 0) is 9.53 Å². The van der Waals surface area contributed by atoms with E-state index >= 15 is 0 Å². The predicted molar refractivity (Wildman–Crippen MR) is 116 cm³/mol. The van der Waals surface area contributed by atoms with E-state index in [2.05, 4.69) is 15.3 Å². The summed E-state index contributed by atoms with van der Waals surface area (Å²) in [5.74, 6) is -0.387. The fourth-order valence-electron chi connectivity index (χ4n) is 3.32. The highest BCUT2D eigenvalue weighted by Crippen LogP contribution is 2.25. The fourth-order valence-corrected chi connectivity index (χ4v) is 3.32. The number of nitrogens with one attached hydrogen (secondary N) is 1. The molecule has 2 aliphatic heterocycles. The lowest BCUT2D eigenvalue weighted by Gasteiger charge is -2.35. The van der Waals surface area contributed by atoms with Crippen molar-refractivity contribution in [1.82, 2.24) is 10.2 Å². The molecule has 0 radical (unpaired) electrons. The number of rotatable bonds is 6. The second kappa shape index (κ2) is 9.53. The summed E-state index contributed by atoms with van der Waals surface area (Å²) in [7, 11) is 1.61. The van der Waals surface area contributed by atoms with Gasteiger partial charge < -0.3 is 26.4 Å². The summed E-state index contributed by atoms with van der Waals surface area (Å²) in [6, 6.07) is 4.81. The van der Waals surface area contributed by atoms with Crippen molar-refractivity contribution in [1.29, 1.82) is 0 Å². The number of carbonyl (C=O) groups is 1. The summed E-state index contributed by atoms with van der Waals surface area (Å²) in [6.45, 7) is 3.69. The Morgan fingerprint density at radius 2 is 2.17 bits per heavy atom. The molecule has 1 amide bonds. The van der Waals surface area contributed by atoms with Gasteiger partial charge in [-0.25, -0.2) is 9.38 Å². The Balaban J connectivity index is 1.91. The number of nitrogens with zero attached hydrogens (tertiary/aromatic N) is 3. The molecule has 1 saturated heterocycles. The third-order valence-corrected chi connectivity index (χ3v) is 5.09. The van der Waals surface area contributed by atoms with Crippen LogP contribution < -0.4 is 16.8 Å². The van der Waals surface area contributed by atoms with Gasteiger partial charge in [-0.1, -0.05) is 6.07 Å². The van der Waals surface area contributed by atoms with Crippen LogP contribution in [-0.4, -0.2) is 62.3 Å². The van der Waals surface area contributed by atoms with Gasteiger partial charge in [0.25, 0.3) is 0 Å². The normalized spacial score (nSPS) is 18.7. The summed E-state index contributed by atoms with van der Waals surface area (Å²) in [6.07, 6.45) is 3.55. The average Bonchev–Trinajstić information content (AvgIpc) is 2.70. The van der Waals surface area contributed by atoms with Crippen LogP contribution in [0.3, 0.4) is 0 Å². The van der Waals surface area contributed by atoms with Crippen molar-refractivity contribution in [2.24, 2.45) is 21.5 Å². The molecule has 1 fully saturated rings. The molecule has 2 heterocycles. The summed E-state index contributed by atoms with van der Waals surface area (Å²) < 4.78 is 19.9. The Bertz CT molecular complexity index is 933. The molecule has 9 heteroatoms. The summed E-state index contributed by atoms with van der Waals surface area (Å²) in [5.41, 5.74) is 14.8. The lowest BCUT2D eigenvalue weighted by atomic mass is 10.0. The van der Waals surface area contributed by atoms with Crippen LogP contribution >= 0.6 is 0 Å². The second-order valence-electron chi connectivity index (χ2n) is 7.20. The molecule has 160 valence electrons. The molecule has 0 bridgehead atoms. The number of ether oxygens (including phenoxy) is 1. The Morgan fingerprint density at radius 3 is 2.73 bits per heavy atom. The van der Waals surface area contributed by atoms with Crippen molar-refractivity contribution in [2.75, 3.05) is 33.4 Å². The second-order valence-corrected chi connectivity index (χ2v) is 7.20. The van der Waals surface area contributed by atoms with Crippen molar-refractivity contribution < 1.29 is 13.9 Å². The molecule has 30 heavy (non-hydrogen) atoms. The molecule has 1 aromatic rings. The van der Waals surface area contributed by atoms with Crippen molar-refractivity contribution in [3.8, 4) is 0 Å². The van der Waals surface area contributed by atoms with Crippen LogP contribution in [0.15, 0.2) is 45.7 Å². The number of carbonyl (C=O) groups excluding carboxylic acids is 1. The Hall–Kier alpha value is -3.20. The van der Waals surface area contributed by atoms with Crippen LogP contribution in [0, 0.1) is 5.82 Å². The van der Waals surface area contributed by atoms with E-state index in [4.69, 9.17) is 16.2 Å². The Morgan fingerprint density at radius 1 is 1.40 bits per heavy atom. The van der Waals surface area contributed by atoms with Crippen molar-refractivity contribution >= 4 is 29.2 Å². The summed E-state index contributed by atoms with van der Waals surface area (Å²) in [5, 5.41) is 3.42. The van der Waals surface area contributed by atoms with E-state index in [1.165, 1.54) is 19.2 Å². The largest absolute Gasteiger partial charge is 0.404 e. The maximum absolute atomic E-state index is 14.7. The molecule has 0 aromatic heterocycles. The van der Waals surface area contributed by atoms with Gasteiger partial charge in [-0.15, -0.1) is 0 Å². The SMILES string of the molecule is CN=CC(=CN)c1ccc(N=C(N)C2=C(NC3COC3)CCN(C(C)=O)C2)c(F)c1. The van der Waals surface area contributed by atoms with Gasteiger partial charge in [-0.2, -0.15) is 0 Å². The van der Waals surface area contributed by atoms with Gasteiger partial charge in [0.2, 0.25) is 5.91 Å². The summed E-state index contributed by atoms with van der Waals surface area (Å²) in [4.78, 5) is 21.8. The first-order chi connectivity index (χ1) is 14.4. The molecule has 8 nitrogen and oxygen atoms in total. The van der Waals surface area contributed by atoms with E-state index < -0.39 is 5.82 Å². The van der Waals surface area contributed by atoms with Gasteiger partial charge in [0, 0.05) is 56.2 Å². The van der Waals surface area contributed by atoms with E-state index in [0.29, 0.717) is 49.4 Å². The minimum Gasteiger partial charge on any atom is -0.404 e. The molecule has 5 N–H and O–H groups in total. The first-order valence-corrected chi connectivity index (χ1v) is 9.73. The quantitative estimate of drug-likeness (QED) is 0.479. The maximum atomic E-state index is 14.7. The van der Waals surface area contributed by atoms with Crippen LogP contribution in [0.1, 0.15) is 18.9 Å². The highest BCUT2D eigenvalue weighted by Gasteiger charge is 2.27. The minimum absolute atomic E-state index is 0.0412. The van der Waals surface area contributed by atoms with Crippen LogP contribution in [0.4, 0.5) is 10.1 Å². The number of allylic oxidation sites excluding steroid dienone is 1. The molecule has 0 aliphatic carbocycles. The average molecular weight is 414 g/mol. The number of amides is 1. The van der Waals surface area contributed by atoms with Gasteiger partial charge in [-0.3, -0.25) is 9.79 Å². The minimum atomic E-state index is -0.527. The molecular formula is C21H27FN6O2. The van der Waals surface area contributed by atoms with E-state index in [9.17, 15) is 9.18 Å². The first-order valence-electron chi connectivity index (χ1n) is 9.73. The topological polar surface area (TPSA) is 118 Å². The van der Waals surface area contributed by atoms with E-state index in [1.54, 1.807) is 30.3 Å². The molecule has 3 rings (SSSR count). The van der Waals surface area contributed by atoms with Gasteiger partial charge in [0.1, 0.15) is 17.3 Å². The highest BCUT2D eigenvalue weighted by atomic mass is 19.1. The molecular weight excluding hydrogens is 387 g/mol. The van der Waals surface area contributed by atoms with Crippen LogP contribution in [0.25, 0.3) is 5.57 Å². The van der Waals surface area contributed by atoms with Crippen molar-refractivity contribution in [2.45, 2.75) is 19.4 Å². The maximum Gasteiger partial charge on any atom is 0.219 e. The number of halogens is 1. The number of benzene rings is 1. The van der Waals surface area contributed by atoms with E-state index in [-0.39, 0.29) is 23.5 Å². The smallest absolute Gasteiger partial charge is 0.219 e. The van der Waals surface area contributed by atoms with E-state index in [0.717, 1.165) is 5.70 Å². The van der Waals surface area contributed by atoms with Crippen LogP contribution in [0.5, 0.6) is 0 Å². The third-order valence-electron chi connectivity index (χ3n) is 5.09. The zero-order valence-corrected chi connectivity index (χ0v) is 17.2. The van der Waals surface area contributed by atoms with E-state index in [1.807, 2.05) is 0 Å². The predicted octanol–water partition coefficient (Wildman–Crippen LogP) is 1.31. The number of hydrogen-bond donors (Lipinski definition) is 3. The molecule has 1 aromatic carbocycles. The third kappa shape index (κ3) is 4.85. The zero-order chi connectivity index (χ0) is 21.7.